The summed E-state index contributed by atoms with van der Waals surface area (Å²) < 4.78 is 13.0. The molecule has 0 saturated carbocycles. The fourth-order valence-corrected chi connectivity index (χ4v) is 1.27. The molecule has 1 rings (SSSR count). The molecule has 0 saturated heterocycles. The van der Waals surface area contributed by atoms with Crippen molar-refractivity contribution < 1.29 is 9.50 Å². The minimum Gasteiger partial charge on any atom is -0.508 e. The molecule has 0 amide bonds. The maximum atomic E-state index is 13.0. The molecule has 5 N–H and O–H groups in total. The predicted molar refractivity (Wildman–Crippen MR) is 48.8 cm³/mol. The van der Waals surface area contributed by atoms with Gasteiger partial charge in [0.15, 0.2) is 0 Å². The summed E-state index contributed by atoms with van der Waals surface area (Å²) in [5.74, 6) is -0.381. The second-order valence-corrected chi connectivity index (χ2v) is 2.95. The fraction of sp³-hybridized carbons (Fsp3) is 0.333. The molecule has 1 aromatic carbocycles. The summed E-state index contributed by atoms with van der Waals surface area (Å²) in [4.78, 5) is 0. The molecule has 0 aliphatic rings. The van der Waals surface area contributed by atoms with E-state index in [4.69, 9.17) is 11.5 Å². The van der Waals surface area contributed by atoms with Gasteiger partial charge in [-0.2, -0.15) is 0 Å². The molecule has 0 spiro atoms. The Bertz CT molecular complexity index is 315. The molecule has 13 heavy (non-hydrogen) atoms. The van der Waals surface area contributed by atoms with Gasteiger partial charge in [-0.15, -0.1) is 0 Å². The Hall–Kier alpha value is -1.13. The highest BCUT2D eigenvalue weighted by molar-refractivity contribution is 5.41. The lowest BCUT2D eigenvalue weighted by molar-refractivity contribution is 0.457. The van der Waals surface area contributed by atoms with Crippen LogP contribution in [0.4, 0.5) is 4.39 Å². The topological polar surface area (TPSA) is 72.3 Å². The highest BCUT2D eigenvalue weighted by Gasteiger charge is 2.14. The first kappa shape index (κ1) is 9.95. The summed E-state index contributed by atoms with van der Waals surface area (Å²) in [6, 6.07) is 1.97. The van der Waals surface area contributed by atoms with Gasteiger partial charge in [0.1, 0.15) is 11.6 Å². The quantitative estimate of drug-likeness (QED) is 0.636. The smallest absolute Gasteiger partial charge is 0.126 e. The molecular weight excluding hydrogens is 171 g/mol. The van der Waals surface area contributed by atoms with Crippen molar-refractivity contribution in [2.24, 2.45) is 11.5 Å². The number of phenolic OH excluding ortho intramolecular Hbond substituents is 1. The Kier molecular flexibility index (Phi) is 2.85. The molecule has 0 fully saturated rings. The molecule has 0 radical (unpaired) electrons. The lowest BCUT2D eigenvalue weighted by Gasteiger charge is -2.14. The van der Waals surface area contributed by atoms with Gasteiger partial charge in [0, 0.05) is 18.2 Å². The van der Waals surface area contributed by atoms with Gasteiger partial charge in [-0.3, -0.25) is 0 Å². The van der Waals surface area contributed by atoms with Gasteiger partial charge in [-0.25, -0.2) is 4.39 Å². The van der Waals surface area contributed by atoms with E-state index in [1.165, 1.54) is 12.1 Å². The third-order valence-corrected chi connectivity index (χ3v) is 2.05. The fourth-order valence-electron chi connectivity index (χ4n) is 1.27. The Morgan fingerprint density at radius 2 is 2.15 bits per heavy atom. The number of halogens is 1. The summed E-state index contributed by atoms with van der Waals surface area (Å²) in [7, 11) is 0. The minimum atomic E-state index is -0.518. The number of rotatable bonds is 2. The van der Waals surface area contributed by atoms with Gasteiger partial charge < -0.3 is 16.6 Å². The van der Waals surface area contributed by atoms with Crippen LogP contribution in [-0.4, -0.2) is 11.7 Å². The SMILES string of the molecule is Cc1c(F)ccc(O)c1C(N)CN. The van der Waals surface area contributed by atoms with Gasteiger partial charge in [-0.1, -0.05) is 0 Å². The maximum Gasteiger partial charge on any atom is 0.126 e. The lowest BCUT2D eigenvalue weighted by atomic mass is 10.0. The van der Waals surface area contributed by atoms with Crippen LogP contribution in [0.1, 0.15) is 17.2 Å². The molecule has 0 heterocycles. The van der Waals surface area contributed by atoms with Crippen LogP contribution in [0.5, 0.6) is 5.75 Å². The van der Waals surface area contributed by atoms with Crippen molar-refractivity contribution >= 4 is 0 Å². The first-order chi connectivity index (χ1) is 6.07. The first-order valence-corrected chi connectivity index (χ1v) is 4.01. The molecule has 1 atom stereocenters. The van der Waals surface area contributed by atoms with E-state index in [0.29, 0.717) is 11.1 Å². The Labute approximate surface area is 76.2 Å². The Balaban J connectivity index is 3.25. The molecule has 1 unspecified atom stereocenters. The van der Waals surface area contributed by atoms with Gasteiger partial charge in [-0.05, 0) is 24.6 Å². The van der Waals surface area contributed by atoms with Crippen molar-refractivity contribution in [1.29, 1.82) is 0 Å². The average Bonchev–Trinajstić information content (AvgIpc) is 2.12. The van der Waals surface area contributed by atoms with Crippen molar-refractivity contribution in [3.05, 3.63) is 29.1 Å². The molecule has 4 heteroatoms. The summed E-state index contributed by atoms with van der Waals surface area (Å²) in [6.07, 6.45) is 0. The van der Waals surface area contributed by atoms with Gasteiger partial charge in [0.05, 0.1) is 0 Å². The number of aromatic hydroxyl groups is 1. The lowest BCUT2D eigenvalue weighted by Crippen LogP contribution is -2.22. The monoisotopic (exact) mass is 184 g/mol. The number of hydrogen-bond acceptors (Lipinski definition) is 3. The number of benzene rings is 1. The van der Waals surface area contributed by atoms with E-state index in [2.05, 4.69) is 0 Å². The molecule has 0 aliphatic heterocycles. The van der Waals surface area contributed by atoms with E-state index >= 15 is 0 Å². The average molecular weight is 184 g/mol. The van der Waals surface area contributed by atoms with Crippen molar-refractivity contribution in [3.63, 3.8) is 0 Å². The van der Waals surface area contributed by atoms with Gasteiger partial charge >= 0.3 is 0 Å². The third-order valence-electron chi connectivity index (χ3n) is 2.05. The molecule has 3 nitrogen and oxygen atoms in total. The normalized spacial score (nSPS) is 12.9. The van der Waals surface area contributed by atoms with Gasteiger partial charge in [0.25, 0.3) is 0 Å². The molecule has 1 aromatic rings. The zero-order valence-electron chi connectivity index (χ0n) is 7.42. The standard InChI is InChI=1S/C9H13FN2O/c1-5-6(10)2-3-8(13)9(5)7(12)4-11/h2-3,7,13H,4,11-12H2,1H3. The van der Waals surface area contributed by atoms with Crippen molar-refractivity contribution in [2.75, 3.05) is 6.54 Å². The third kappa shape index (κ3) is 1.79. The molecular formula is C9H13FN2O. The second kappa shape index (κ2) is 3.72. The van der Waals surface area contributed by atoms with Crippen LogP contribution < -0.4 is 11.5 Å². The summed E-state index contributed by atoms with van der Waals surface area (Å²) in [6.45, 7) is 1.75. The zero-order chi connectivity index (χ0) is 10.0. The highest BCUT2D eigenvalue weighted by Crippen LogP contribution is 2.27. The molecule has 0 bridgehead atoms. The number of hydrogen-bond donors (Lipinski definition) is 3. The van der Waals surface area contributed by atoms with E-state index in [9.17, 15) is 9.50 Å². The molecule has 0 aromatic heterocycles. The molecule has 72 valence electrons. The summed E-state index contributed by atoms with van der Waals surface area (Å²) >= 11 is 0. The van der Waals surface area contributed by atoms with Crippen LogP contribution in [0, 0.1) is 12.7 Å². The second-order valence-electron chi connectivity index (χ2n) is 2.95. The van der Waals surface area contributed by atoms with E-state index in [1.807, 2.05) is 0 Å². The number of nitrogens with two attached hydrogens (primary N) is 2. The van der Waals surface area contributed by atoms with Crippen LogP contribution in [-0.2, 0) is 0 Å². The maximum absolute atomic E-state index is 13.0. The van der Waals surface area contributed by atoms with Crippen molar-refractivity contribution in [2.45, 2.75) is 13.0 Å². The highest BCUT2D eigenvalue weighted by atomic mass is 19.1. The van der Waals surface area contributed by atoms with Crippen LogP contribution in [0.3, 0.4) is 0 Å². The van der Waals surface area contributed by atoms with E-state index < -0.39 is 6.04 Å². The zero-order valence-corrected chi connectivity index (χ0v) is 7.42. The predicted octanol–water partition coefficient (Wildman–Crippen LogP) is 0.798. The molecule has 0 aliphatic carbocycles. The first-order valence-electron chi connectivity index (χ1n) is 4.01. The van der Waals surface area contributed by atoms with Crippen LogP contribution in [0.15, 0.2) is 12.1 Å². The summed E-state index contributed by atoms with van der Waals surface area (Å²) in [5.41, 5.74) is 11.7. The van der Waals surface area contributed by atoms with Crippen LogP contribution in [0.2, 0.25) is 0 Å². The van der Waals surface area contributed by atoms with E-state index in [1.54, 1.807) is 6.92 Å². The van der Waals surface area contributed by atoms with E-state index in [0.717, 1.165) is 0 Å². The van der Waals surface area contributed by atoms with E-state index in [-0.39, 0.29) is 18.1 Å². The van der Waals surface area contributed by atoms with Crippen LogP contribution in [0.25, 0.3) is 0 Å². The Morgan fingerprint density at radius 3 is 2.69 bits per heavy atom. The summed E-state index contributed by atoms with van der Waals surface area (Å²) in [5, 5.41) is 9.42. The van der Waals surface area contributed by atoms with Gasteiger partial charge in [0.2, 0.25) is 0 Å². The largest absolute Gasteiger partial charge is 0.508 e. The number of phenols is 1. The van der Waals surface area contributed by atoms with Crippen molar-refractivity contribution in [3.8, 4) is 5.75 Å². The van der Waals surface area contributed by atoms with Crippen LogP contribution >= 0.6 is 0 Å². The Morgan fingerprint density at radius 1 is 1.54 bits per heavy atom. The van der Waals surface area contributed by atoms with Crippen molar-refractivity contribution in [1.82, 2.24) is 0 Å². The minimum absolute atomic E-state index is 0.00292.